The van der Waals surface area contributed by atoms with Crippen LogP contribution in [-0.4, -0.2) is 45.9 Å². The van der Waals surface area contributed by atoms with E-state index in [1.54, 1.807) is 36.1 Å². The number of amides is 2. The van der Waals surface area contributed by atoms with Crippen LogP contribution < -0.4 is 20.3 Å². The molecule has 1 aliphatic heterocycles. The Labute approximate surface area is 201 Å². The lowest BCUT2D eigenvalue weighted by molar-refractivity contribution is -0.125. The normalized spacial score (nSPS) is 18.4. The van der Waals surface area contributed by atoms with Gasteiger partial charge in [-0.25, -0.2) is 13.1 Å². The molecular formula is C25H32N4O4S. The molecular weight excluding hydrogens is 452 g/mol. The molecule has 0 aromatic heterocycles. The van der Waals surface area contributed by atoms with Gasteiger partial charge in [-0.1, -0.05) is 24.6 Å². The fraction of sp³-hybridized carbons (Fsp3) is 0.440. The van der Waals surface area contributed by atoms with Crippen molar-refractivity contribution in [2.75, 3.05) is 29.4 Å². The summed E-state index contributed by atoms with van der Waals surface area (Å²) < 4.78 is 27.5. The standard InChI is InChI=1S/C25H32N4O4S/c1-17-16-28(25(31)20-5-3-6-20)24-15-21(9-12-23(24)29(17)18(2)30)19-7-10-22(11-8-19)34(32,33)27-14-4-13-26/h7-12,15,17,20,27H,3-6,13-14,16,26H2,1-2H3/t17-/m0/s1. The minimum absolute atomic E-state index is 0.0452. The van der Waals surface area contributed by atoms with E-state index in [2.05, 4.69) is 4.72 Å². The maximum atomic E-state index is 13.2. The number of nitrogens with one attached hydrogen (secondary N) is 1. The number of fused-ring (bicyclic) bond motifs is 1. The van der Waals surface area contributed by atoms with Crippen LogP contribution in [0.3, 0.4) is 0 Å². The van der Waals surface area contributed by atoms with E-state index in [1.165, 1.54) is 0 Å². The molecule has 1 saturated carbocycles. The van der Waals surface area contributed by atoms with E-state index in [1.807, 2.05) is 30.0 Å². The molecule has 0 saturated heterocycles. The SMILES string of the molecule is CC(=O)N1c2ccc(-c3ccc(S(=O)(=O)NCCCN)cc3)cc2N(C(=O)C2CCC2)C[C@@H]1C. The molecule has 8 nitrogen and oxygen atoms in total. The molecule has 9 heteroatoms. The number of carbonyl (C=O) groups excluding carboxylic acids is 2. The Kier molecular flexibility index (Phi) is 7.06. The lowest BCUT2D eigenvalue weighted by Crippen LogP contribution is -2.53. The molecule has 34 heavy (non-hydrogen) atoms. The highest BCUT2D eigenvalue weighted by Crippen LogP contribution is 2.41. The molecule has 0 bridgehead atoms. The summed E-state index contributed by atoms with van der Waals surface area (Å²) in [4.78, 5) is 29.4. The number of nitrogens with two attached hydrogens (primary N) is 1. The highest BCUT2D eigenvalue weighted by Gasteiger charge is 2.37. The van der Waals surface area contributed by atoms with Gasteiger partial charge in [0.2, 0.25) is 21.8 Å². The third-order valence-electron chi connectivity index (χ3n) is 6.64. The summed E-state index contributed by atoms with van der Waals surface area (Å²) in [6.07, 6.45) is 3.45. The number of anilines is 2. The Bertz CT molecular complexity index is 1180. The third-order valence-corrected chi connectivity index (χ3v) is 8.12. The number of hydrogen-bond acceptors (Lipinski definition) is 5. The van der Waals surface area contributed by atoms with Gasteiger partial charge in [0.15, 0.2) is 0 Å². The molecule has 1 heterocycles. The number of benzene rings is 2. The zero-order valence-corrected chi connectivity index (χ0v) is 20.5. The number of nitrogens with zero attached hydrogens (tertiary/aromatic N) is 2. The van der Waals surface area contributed by atoms with Gasteiger partial charge in [0, 0.05) is 25.9 Å². The first-order chi connectivity index (χ1) is 16.2. The third kappa shape index (κ3) is 4.73. The second-order valence-corrected chi connectivity index (χ2v) is 10.8. The fourth-order valence-corrected chi connectivity index (χ4v) is 5.66. The second kappa shape index (κ2) is 9.85. The maximum Gasteiger partial charge on any atom is 0.240 e. The molecule has 182 valence electrons. The van der Waals surface area contributed by atoms with Gasteiger partial charge in [-0.05, 0) is 68.1 Å². The molecule has 1 fully saturated rings. The van der Waals surface area contributed by atoms with Gasteiger partial charge in [-0.2, -0.15) is 0 Å². The van der Waals surface area contributed by atoms with Crippen molar-refractivity contribution in [1.29, 1.82) is 0 Å². The Balaban J connectivity index is 1.67. The summed E-state index contributed by atoms with van der Waals surface area (Å²) in [6, 6.07) is 12.2. The Morgan fingerprint density at radius 2 is 1.74 bits per heavy atom. The van der Waals surface area contributed by atoms with E-state index in [9.17, 15) is 18.0 Å². The van der Waals surface area contributed by atoms with Crippen LogP contribution >= 0.6 is 0 Å². The smallest absolute Gasteiger partial charge is 0.240 e. The maximum absolute atomic E-state index is 13.2. The largest absolute Gasteiger partial charge is 0.330 e. The predicted molar refractivity (Wildman–Crippen MR) is 133 cm³/mol. The summed E-state index contributed by atoms with van der Waals surface area (Å²) in [5.41, 5.74) is 8.57. The predicted octanol–water partition coefficient (Wildman–Crippen LogP) is 2.87. The molecule has 2 aliphatic rings. The number of hydrogen-bond donors (Lipinski definition) is 2. The molecule has 2 aromatic rings. The molecule has 1 aliphatic carbocycles. The van der Waals surface area contributed by atoms with Crippen molar-refractivity contribution in [3.63, 3.8) is 0 Å². The van der Waals surface area contributed by atoms with Crippen molar-refractivity contribution >= 4 is 33.2 Å². The summed E-state index contributed by atoms with van der Waals surface area (Å²) in [5.74, 6) is 0.0995. The van der Waals surface area contributed by atoms with Crippen LogP contribution in [0.25, 0.3) is 11.1 Å². The van der Waals surface area contributed by atoms with E-state index in [-0.39, 0.29) is 28.7 Å². The zero-order valence-electron chi connectivity index (χ0n) is 19.7. The van der Waals surface area contributed by atoms with E-state index in [0.29, 0.717) is 26.1 Å². The minimum Gasteiger partial charge on any atom is -0.330 e. The van der Waals surface area contributed by atoms with Crippen LogP contribution in [0.5, 0.6) is 0 Å². The Morgan fingerprint density at radius 1 is 1.06 bits per heavy atom. The van der Waals surface area contributed by atoms with Crippen LogP contribution in [0.2, 0.25) is 0 Å². The topological polar surface area (TPSA) is 113 Å². The van der Waals surface area contributed by atoms with Crippen molar-refractivity contribution < 1.29 is 18.0 Å². The van der Waals surface area contributed by atoms with Gasteiger partial charge < -0.3 is 15.5 Å². The quantitative estimate of drug-likeness (QED) is 0.587. The van der Waals surface area contributed by atoms with Crippen LogP contribution in [-0.2, 0) is 19.6 Å². The Hall–Kier alpha value is -2.75. The molecule has 2 aromatic carbocycles. The zero-order chi connectivity index (χ0) is 24.5. The van der Waals surface area contributed by atoms with Crippen LogP contribution in [0.4, 0.5) is 11.4 Å². The van der Waals surface area contributed by atoms with Crippen molar-refractivity contribution in [3.8, 4) is 11.1 Å². The van der Waals surface area contributed by atoms with Gasteiger partial charge in [-0.15, -0.1) is 0 Å². The van der Waals surface area contributed by atoms with Crippen molar-refractivity contribution in [2.24, 2.45) is 11.7 Å². The number of rotatable bonds is 7. The molecule has 3 N–H and O–H groups in total. The summed E-state index contributed by atoms with van der Waals surface area (Å²) in [7, 11) is -3.60. The number of carbonyl (C=O) groups is 2. The fourth-order valence-electron chi connectivity index (χ4n) is 4.59. The first-order valence-corrected chi connectivity index (χ1v) is 13.3. The van der Waals surface area contributed by atoms with Gasteiger partial charge >= 0.3 is 0 Å². The molecule has 0 radical (unpaired) electrons. The average molecular weight is 485 g/mol. The van der Waals surface area contributed by atoms with E-state index >= 15 is 0 Å². The highest BCUT2D eigenvalue weighted by molar-refractivity contribution is 7.89. The number of sulfonamides is 1. The molecule has 1 atom stereocenters. The van der Waals surface area contributed by atoms with Gasteiger partial charge in [0.1, 0.15) is 0 Å². The van der Waals surface area contributed by atoms with Gasteiger partial charge in [0.25, 0.3) is 0 Å². The first kappa shape index (κ1) is 24.4. The highest BCUT2D eigenvalue weighted by atomic mass is 32.2. The lowest BCUT2D eigenvalue weighted by Gasteiger charge is -2.43. The lowest BCUT2D eigenvalue weighted by atomic mass is 9.84. The molecule has 2 amide bonds. The van der Waals surface area contributed by atoms with Gasteiger partial charge in [0.05, 0.1) is 22.3 Å². The minimum atomic E-state index is -3.60. The van der Waals surface area contributed by atoms with Gasteiger partial charge in [-0.3, -0.25) is 9.59 Å². The summed E-state index contributed by atoms with van der Waals surface area (Å²) >= 11 is 0. The molecule has 0 unspecified atom stereocenters. The van der Waals surface area contributed by atoms with Crippen LogP contribution in [0.15, 0.2) is 47.4 Å². The average Bonchev–Trinajstić information content (AvgIpc) is 2.77. The second-order valence-electron chi connectivity index (χ2n) is 9.08. The summed E-state index contributed by atoms with van der Waals surface area (Å²) in [6.45, 7) is 4.66. The van der Waals surface area contributed by atoms with E-state index < -0.39 is 10.0 Å². The first-order valence-electron chi connectivity index (χ1n) is 11.8. The molecule has 4 rings (SSSR count). The van der Waals surface area contributed by atoms with Crippen molar-refractivity contribution in [1.82, 2.24) is 4.72 Å². The van der Waals surface area contributed by atoms with Crippen LogP contribution in [0.1, 0.15) is 39.5 Å². The van der Waals surface area contributed by atoms with Crippen molar-refractivity contribution in [3.05, 3.63) is 42.5 Å². The van der Waals surface area contributed by atoms with E-state index in [4.69, 9.17) is 5.73 Å². The van der Waals surface area contributed by atoms with E-state index in [0.717, 1.165) is 41.8 Å². The molecule has 0 spiro atoms. The Morgan fingerprint density at radius 3 is 2.32 bits per heavy atom. The van der Waals surface area contributed by atoms with Crippen molar-refractivity contribution in [2.45, 2.75) is 50.5 Å². The summed E-state index contributed by atoms with van der Waals surface area (Å²) in [5, 5.41) is 0. The monoisotopic (exact) mass is 484 g/mol. The van der Waals surface area contributed by atoms with Crippen LogP contribution in [0, 0.1) is 5.92 Å².